The summed E-state index contributed by atoms with van der Waals surface area (Å²) in [6.07, 6.45) is 4.44. The minimum atomic E-state index is -1.00. The number of benzene rings is 3. The molecule has 0 radical (unpaired) electrons. The Balaban J connectivity index is 1.29. The number of allylic oxidation sites excluding steroid dienone is 1. The average Bonchev–Trinajstić information content (AvgIpc) is 3.91. The van der Waals surface area contributed by atoms with Gasteiger partial charge in [-0.05, 0) is 40.7 Å². The minimum absolute atomic E-state index is 0.115. The second-order valence-corrected chi connectivity index (χ2v) is 15.6. The number of oxazole rings is 2. The van der Waals surface area contributed by atoms with Gasteiger partial charge >= 0.3 is 0 Å². The van der Waals surface area contributed by atoms with Gasteiger partial charge in [0.15, 0.2) is 23.4 Å². The first-order valence-corrected chi connectivity index (χ1v) is 17.6. The van der Waals surface area contributed by atoms with Crippen molar-refractivity contribution in [3.63, 3.8) is 0 Å². The number of anilines is 1. The third-order valence-corrected chi connectivity index (χ3v) is 11.1. The highest BCUT2D eigenvalue weighted by Gasteiger charge is 2.61. The first kappa shape index (κ1) is 30.2. The van der Waals surface area contributed by atoms with Gasteiger partial charge in [-0.15, -0.1) is 0 Å². The predicted octanol–water partition coefficient (Wildman–Crippen LogP) is 6.68. The van der Waals surface area contributed by atoms with Gasteiger partial charge in [-0.25, -0.2) is 9.97 Å². The van der Waals surface area contributed by atoms with Gasteiger partial charge in [0.2, 0.25) is 23.6 Å². The summed E-state index contributed by atoms with van der Waals surface area (Å²) in [7, 11) is 0. The SMILES string of the molecule is CC(C)[C@@H]1NC(=O)C(NC(=O)C(C)(C)C)Cc2ccc3c(c2)C24c5cccc(c5N[C@H]2O3)-c2cccc3c2C(=CC3)c2cnc(o2)-c2nc1oc24. The molecule has 6 heterocycles. The van der Waals surface area contributed by atoms with Crippen molar-refractivity contribution in [2.45, 2.75) is 71.2 Å². The number of fused-ring (bicyclic) bond motifs is 7. The van der Waals surface area contributed by atoms with Gasteiger partial charge in [-0.1, -0.05) is 89.2 Å². The Hall–Kier alpha value is -5.64. The number of amides is 2. The van der Waals surface area contributed by atoms with Crippen LogP contribution in [0.3, 0.4) is 0 Å². The van der Waals surface area contributed by atoms with Crippen LogP contribution < -0.4 is 20.7 Å². The van der Waals surface area contributed by atoms with E-state index in [9.17, 15) is 9.59 Å². The first-order chi connectivity index (χ1) is 24.5. The van der Waals surface area contributed by atoms with Crippen LogP contribution in [0.1, 0.15) is 85.9 Å². The second-order valence-electron chi connectivity index (χ2n) is 15.6. The van der Waals surface area contributed by atoms with Gasteiger partial charge in [0.25, 0.3) is 0 Å². The molecule has 2 aromatic heterocycles. The molecule has 5 aliphatic rings. The fourth-order valence-corrected chi connectivity index (χ4v) is 8.48. The summed E-state index contributed by atoms with van der Waals surface area (Å²) < 4.78 is 20.5. The molecule has 0 saturated heterocycles. The fraction of sp³-hybridized carbons (Fsp3) is 0.317. The number of carbonyl (C=O) groups is 2. The number of ether oxygens (including phenoxy) is 1. The van der Waals surface area contributed by atoms with Gasteiger partial charge in [0, 0.05) is 39.8 Å². The van der Waals surface area contributed by atoms with E-state index in [0.717, 1.165) is 51.1 Å². The number of aromatic nitrogens is 2. The van der Waals surface area contributed by atoms with Crippen LogP contribution in [0.4, 0.5) is 5.69 Å². The predicted molar refractivity (Wildman–Crippen MR) is 190 cm³/mol. The lowest BCUT2D eigenvalue weighted by molar-refractivity contribution is -0.133. The Morgan fingerprint density at radius 1 is 1.02 bits per heavy atom. The zero-order chi connectivity index (χ0) is 35.0. The summed E-state index contributed by atoms with van der Waals surface area (Å²) in [5.74, 6) is 1.88. The van der Waals surface area contributed by atoms with Crippen molar-refractivity contribution < 1.29 is 23.2 Å². The maximum atomic E-state index is 14.2. The molecule has 0 fully saturated rings. The third-order valence-electron chi connectivity index (χ3n) is 11.1. The number of hydrogen-bond acceptors (Lipinski definition) is 8. The summed E-state index contributed by atoms with van der Waals surface area (Å²) in [6, 6.07) is 17.4. The fourth-order valence-electron chi connectivity index (χ4n) is 8.48. The zero-order valence-electron chi connectivity index (χ0n) is 29.0. The van der Waals surface area contributed by atoms with Crippen LogP contribution in [0, 0.1) is 11.3 Å². The van der Waals surface area contributed by atoms with Gasteiger partial charge in [-0.2, -0.15) is 0 Å². The molecule has 3 aromatic carbocycles. The lowest BCUT2D eigenvalue weighted by Crippen LogP contribution is -2.52. The van der Waals surface area contributed by atoms with Crippen molar-refractivity contribution in [3.05, 3.63) is 112 Å². The van der Waals surface area contributed by atoms with Crippen LogP contribution in [0.2, 0.25) is 0 Å². The summed E-state index contributed by atoms with van der Waals surface area (Å²) >= 11 is 0. The topological polar surface area (TPSA) is 132 Å². The molecule has 10 nitrogen and oxygen atoms in total. The largest absolute Gasteiger partial charge is 0.469 e. The van der Waals surface area contributed by atoms with E-state index >= 15 is 0 Å². The van der Waals surface area contributed by atoms with E-state index in [1.807, 2.05) is 46.8 Å². The van der Waals surface area contributed by atoms with Gasteiger partial charge in [0.05, 0.1) is 6.20 Å². The molecule has 256 valence electrons. The Kier molecular flexibility index (Phi) is 6.05. The Morgan fingerprint density at radius 2 is 1.84 bits per heavy atom. The van der Waals surface area contributed by atoms with Crippen LogP contribution in [-0.2, 0) is 27.8 Å². The van der Waals surface area contributed by atoms with E-state index < -0.39 is 29.1 Å². The third kappa shape index (κ3) is 4.10. The Labute approximate surface area is 294 Å². The highest BCUT2D eigenvalue weighted by atomic mass is 16.5. The summed E-state index contributed by atoms with van der Waals surface area (Å²) in [6.45, 7) is 9.53. The molecular formula is C41H37N5O5. The lowest BCUT2D eigenvalue weighted by atomic mass is 9.72. The molecule has 10 heteroatoms. The molecule has 1 aliphatic carbocycles. The zero-order valence-corrected chi connectivity index (χ0v) is 29.0. The number of hydrogen-bond donors (Lipinski definition) is 3. The van der Waals surface area contributed by atoms with Crippen molar-refractivity contribution in [2.75, 3.05) is 5.32 Å². The van der Waals surface area contributed by atoms with Gasteiger partial charge < -0.3 is 29.5 Å². The minimum Gasteiger partial charge on any atom is -0.469 e. The standard InChI is InChI=1S/C41H37N5O5/c1-19(2)31-37-45-33-34(51-37)41-25-11-7-10-23(22-9-6-8-21-13-14-24(30(21)22)29-18-42-36(33)49-29)32(25)46-39(41)50-28-15-12-20(16-26(28)41)17-27(35(47)44-31)43-38(48)40(3,4)5/h6-12,14-16,18-19,27,31,39,46H,13,17H2,1-5H3,(H,43,48)(H,44,47)/t27?,31-,39-,41?/m0/s1. The molecule has 51 heavy (non-hydrogen) atoms. The first-order valence-electron chi connectivity index (χ1n) is 17.6. The second kappa shape index (κ2) is 10.2. The smallest absolute Gasteiger partial charge is 0.249 e. The molecule has 10 rings (SSSR count). The van der Waals surface area contributed by atoms with E-state index in [4.69, 9.17) is 23.5 Å². The molecule has 2 amide bonds. The van der Waals surface area contributed by atoms with Crippen molar-refractivity contribution in [2.24, 2.45) is 11.3 Å². The van der Waals surface area contributed by atoms with Gasteiger partial charge in [0.1, 0.15) is 23.2 Å². The molecule has 0 saturated carbocycles. The quantitative estimate of drug-likeness (QED) is 0.189. The molecule has 5 aromatic rings. The van der Waals surface area contributed by atoms with E-state index in [1.165, 1.54) is 5.56 Å². The Morgan fingerprint density at radius 3 is 2.67 bits per heavy atom. The Bertz CT molecular complexity index is 2380. The number of nitrogens with one attached hydrogen (secondary N) is 3. The van der Waals surface area contributed by atoms with E-state index in [2.05, 4.69) is 64.5 Å². The number of nitrogens with zero attached hydrogens (tertiary/aromatic N) is 2. The molecule has 4 atom stereocenters. The summed E-state index contributed by atoms with van der Waals surface area (Å²) in [5.41, 5.74) is 7.93. The maximum Gasteiger partial charge on any atom is 0.249 e. The van der Waals surface area contributed by atoms with Crippen molar-refractivity contribution in [3.8, 4) is 28.5 Å². The molecule has 4 aliphatic heterocycles. The molecule has 1 spiro atoms. The molecule has 2 unspecified atom stereocenters. The van der Waals surface area contributed by atoms with Crippen LogP contribution in [0.25, 0.3) is 28.3 Å². The van der Waals surface area contributed by atoms with Gasteiger partial charge in [-0.3, -0.25) is 9.59 Å². The maximum absolute atomic E-state index is 14.2. The average molecular weight is 680 g/mol. The van der Waals surface area contributed by atoms with Crippen LogP contribution in [0.15, 0.2) is 75.7 Å². The van der Waals surface area contributed by atoms with Crippen LogP contribution in [-0.4, -0.2) is 34.1 Å². The van der Waals surface area contributed by atoms with Crippen molar-refractivity contribution in [1.82, 2.24) is 20.6 Å². The normalized spacial score (nSPS) is 23.2. The molecule has 10 bridgehead atoms. The monoisotopic (exact) mass is 679 g/mol. The van der Waals surface area contributed by atoms with E-state index in [-0.39, 0.29) is 24.2 Å². The van der Waals surface area contributed by atoms with Crippen LogP contribution >= 0.6 is 0 Å². The summed E-state index contributed by atoms with van der Waals surface area (Å²) in [4.78, 5) is 37.5. The number of rotatable bonds is 2. The number of para-hydroxylation sites is 1. The van der Waals surface area contributed by atoms with E-state index in [1.54, 1.807) is 6.20 Å². The van der Waals surface area contributed by atoms with E-state index in [0.29, 0.717) is 34.7 Å². The highest BCUT2D eigenvalue weighted by Crippen LogP contribution is 2.61. The lowest BCUT2D eigenvalue weighted by Gasteiger charge is -2.29. The van der Waals surface area contributed by atoms with Crippen LogP contribution in [0.5, 0.6) is 5.75 Å². The number of carbonyl (C=O) groups excluding carboxylic acids is 2. The molecular weight excluding hydrogens is 642 g/mol. The highest BCUT2D eigenvalue weighted by molar-refractivity contribution is 5.97. The molecule has 3 N–H and O–H groups in total. The van der Waals surface area contributed by atoms with Crippen molar-refractivity contribution in [1.29, 1.82) is 0 Å². The van der Waals surface area contributed by atoms with Crippen molar-refractivity contribution >= 4 is 23.1 Å². The summed E-state index contributed by atoms with van der Waals surface area (Å²) in [5, 5.41) is 10.0.